The quantitative estimate of drug-likeness (QED) is 0.478. The van der Waals surface area contributed by atoms with Crippen LogP contribution in [0.5, 0.6) is 11.5 Å². The zero-order chi connectivity index (χ0) is 24.6. The number of methoxy groups -OCH3 is 1. The molecule has 8 heteroatoms. The van der Waals surface area contributed by atoms with E-state index in [-0.39, 0.29) is 48.8 Å². The van der Waals surface area contributed by atoms with E-state index in [9.17, 15) is 19.2 Å². The van der Waals surface area contributed by atoms with Gasteiger partial charge in [0.2, 0.25) is 0 Å². The summed E-state index contributed by atoms with van der Waals surface area (Å²) in [7, 11) is 1.34. The molecule has 180 valence electrons. The first-order valence-corrected chi connectivity index (χ1v) is 11.2. The van der Waals surface area contributed by atoms with Gasteiger partial charge >= 0.3 is 11.9 Å². The van der Waals surface area contributed by atoms with Gasteiger partial charge in [0.25, 0.3) is 0 Å². The van der Waals surface area contributed by atoms with Crippen molar-refractivity contribution in [2.75, 3.05) is 13.7 Å². The van der Waals surface area contributed by atoms with E-state index in [4.69, 9.17) is 18.9 Å². The molecular formula is C26H28FNO6. The van der Waals surface area contributed by atoms with Crippen LogP contribution < -0.4 is 9.47 Å². The lowest BCUT2D eigenvalue weighted by Gasteiger charge is -2.36. The lowest BCUT2D eigenvalue weighted by Crippen LogP contribution is -2.39. The van der Waals surface area contributed by atoms with E-state index in [1.54, 1.807) is 6.92 Å². The number of hydrogen-bond donors (Lipinski definition) is 0. The van der Waals surface area contributed by atoms with Gasteiger partial charge in [-0.05, 0) is 38.2 Å². The highest BCUT2D eigenvalue weighted by Crippen LogP contribution is 2.42. The Morgan fingerprint density at radius 3 is 2.44 bits per heavy atom. The largest absolute Gasteiger partial charge is 0.496 e. The molecule has 0 radical (unpaired) electrons. The predicted molar refractivity (Wildman–Crippen MR) is 121 cm³/mol. The number of esters is 2. The van der Waals surface area contributed by atoms with Crippen molar-refractivity contribution in [3.05, 3.63) is 59.4 Å². The fourth-order valence-corrected chi connectivity index (χ4v) is 4.08. The van der Waals surface area contributed by atoms with Crippen LogP contribution >= 0.6 is 0 Å². The average Bonchev–Trinajstić information content (AvgIpc) is 2.85. The molecule has 3 rings (SSSR count). The molecule has 2 aromatic carbocycles. The minimum Gasteiger partial charge on any atom is -0.496 e. The van der Waals surface area contributed by atoms with Gasteiger partial charge in [0, 0.05) is 12.1 Å². The van der Waals surface area contributed by atoms with Crippen molar-refractivity contribution < 1.29 is 32.9 Å². The van der Waals surface area contributed by atoms with Crippen LogP contribution in [0.3, 0.4) is 0 Å². The van der Waals surface area contributed by atoms with Crippen LogP contribution in [0.2, 0.25) is 0 Å². The highest BCUT2D eigenvalue weighted by atomic mass is 19.1. The third kappa shape index (κ3) is 5.84. The average molecular weight is 470 g/mol. The summed E-state index contributed by atoms with van der Waals surface area (Å²) in [4.78, 5) is 25.1. The van der Waals surface area contributed by atoms with Crippen molar-refractivity contribution in [1.29, 1.82) is 5.26 Å². The number of halogens is 1. The molecule has 0 aromatic heterocycles. The molecule has 0 amide bonds. The summed E-state index contributed by atoms with van der Waals surface area (Å²) in [5.74, 6) is -1.77. The van der Waals surface area contributed by atoms with E-state index in [1.807, 2.05) is 30.3 Å². The van der Waals surface area contributed by atoms with Gasteiger partial charge in [-0.25, -0.2) is 9.18 Å². The molecule has 0 saturated heterocycles. The number of hydrogen-bond acceptors (Lipinski definition) is 7. The first kappa shape index (κ1) is 25.0. The minimum absolute atomic E-state index is 0.0434. The number of nitriles is 1. The fourth-order valence-electron chi connectivity index (χ4n) is 4.08. The van der Waals surface area contributed by atoms with E-state index >= 15 is 0 Å². The van der Waals surface area contributed by atoms with E-state index in [0.717, 1.165) is 11.6 Å². The second-order valence-electron chi connectivity index (χ2n) is 8.20. The van der Waals surface area contributed by atoms with E-state index < -0.39 is 17.2 Å². The van der Waals surface area contributed by atoms with Crippen LogP contribution in [0, 0.1) is 22.6 Å². The third-order valence-corrected chi connectivity index (χ3v) is 6.00. The number of carbonyl (C=O) groups excluding carboxylic acids is 2. The topological polar surface area (TPSA) is 94.9 Å². The molecule has 1 aliphatic rings. The first-order valence-electron chi connectivity index (χ1n) is 11.2. The highest BCUT2D eigenvalue weighted by Gasteiger charge is 2.43. The normalized spacial score (nSPS) is 19.5. The maximum absolute atomic E-state index is 14.7. The van der Waals surface area contributed by atoms with Gasteiger partial charge in [-0.1, -0.05) is 30.3 Å². The Kier molecular flexibility index (Phi) is 8.47. The number of ether oxygens (including phenoxy) is 4. The molecule has 1 fully saturated rings. The SMILES string of the molecule is CCOC(=O)[C@]1(CC#N)CC[C@@H](Oc2cc(C(=O)OCc3ccccc3)c(OC)cc2F)CC1. The molecule has 0 heterocycles. The number of rotatable bonds is 9. The van der Waals surface area contributed by atoms with Gasteiger partial charge in [-0.2, -0.15) is 5.26 Å². The van der Waals surface area contributed by atoms with Crippen LogP contribution in [0.25, 0.3) is 0 Å². The summed E-state index contributed by atoms with van der Waals surface area (Å²) in [6, 6.07) is 13.7. The van der Waals surface area contributed by atoms with Gasteiger partial charge in [0.05, 0.1) is 37.7 Å². The standard InChI is InChI=1S/C26H28FNO6/c1-3-32-25(30)26(13-14-28)11-9-19(10-12-26)34-23-15-20(22(31-2)16-21(23)27)24(29)33-17-18-7-5-4-6-8-18/h4-8,15-16,19H,3,9-13,17H2,1-2H3/t19-,26-. The molecule has 0 bridgehead atoms. The van der Waals surface area contributed by atoms with Gasteiger partial charge in [0.15, 0.2) is 11.6 Å². The van der Waals surface area contributed by atoms with Crippen molar-refractivity contribution in [3.63, 3.8) is 0 Å². The van der Waals surface area contributed by atoms with Crippen molar-refractivity contribution in [2.45, 2.75) is 51.7 Å². The van der Waals surface area contributed by atoms with Gasteiger partial charge < -0.3 is 18.9 Å². The van der Waals surface area contributed by atoms with Crippen molar-refractivity contribution >= 4 is 11.9 Å². The Morgan fingerprint density at radius 2 is 1.82 bits per heavy atom. The molecule has 1 aliphatic carbocycles. The molecule has 0 atom stereocenters. The lowest BCUT2D eigenvalue weighted by atomic mass is 9.71. The molecule has 34 heavy (non-hydrogen) atoms. The first-order chi connectivity index (χ1) is 16.4. The van der Waals surface area contributed by atoms with Crippen LogP contribution in [-0.4, -0.2) is 31.8 Å². The maximum atomic E-state index is 14.7. The highest BCUT2D eigenvalue weighted by molar-refractivity contribution is 5.93. The second-order valence-corrected chi connectivity index (χ2v) is 8.20. The monoisotopic (exact) mass is 469 g/mol. The summed E-state index contributed by atoms with van der Waals surface area (Å²) in [6.45, 7) is 2.03. The van der Waals surface area contributed by atoms with Crippen LogP contribution in [0.15, 0.2) is 42.5 Å². The maximum Gasteiger partial charge on any atom is 0.342 e. The molecule has 7 nitrogen and oxygen atoms in total. The summed E-state index contributed by atoms with van der Waals surface area (Å²) in [5.41, 5.74) is 0.00389. The molecule has 0 N–H and O–H groups in total. The minimum atomic E-state index is -0.866. The fraction of sp³-hybridized carbons (Fsp3) is 0.423. The zero-order valence-electron chi connectivity index (χ0n) is 19.3. The number of carbonyl (C=O) groups is 2. The molecule has 0 spiro atoms. The summed E-state index contributed by atoms with van der Waals surface area (Å²) >= 11 is 0. The Morgan fingerprint density at radius 1 is 1.12 bits per heavy atom. The smallest absolute Gasteiger partial charge is 0.342 e. The molecule has 0 unspecified atom stereocenters. The third-order valence-electron chi connectivity index (χ3n) is 6.00. The number of nitrogens with zero attached hydrogens (tertiary/aromatic N) is 1. The number of benzene rings is 2. The summed E-state index contributed by atoms with van der Waals surface area (Å²) in [5, 5.41) is 9.19. The van der Waals surface area contributed by atoms with E-state index in [2.05, 4.69) is 6.07 Å². The van der Waals surface area contributed by atoms with E-state index in [0.29, 0.717) is 25.7 Å². The van der Waals surface area contributed by atoms with Gasteiger partial charge in [-0.15, -0.1) is 0 Å². The van der Waals surface area contributed by atoms with Crippen molar-refractivity contribution in [1.82, 2.24) is 0 Å². The zero-order valence-corrected chi connectivity index (χ0v) is 19.3. The van der Waals surface area contributed by atoms with E-state index in [1.165, 1.54) is 13.2 Å². The van der Waals surface area contributed by atoms with Crippen molar-refractivity contribution in [3.8, 4) is 17.6 Å². The van der Waals surface area contributed by atoms with Gasteiger partial charge in [-0.3, -0.25) is 4.79 Å². The Labute approximate surface area is 198 Å². The molecule has 2 aromatic rings. The van der Waals surface area contributed by atoms with Crippen LogP contribution in [-0.2, 0) is 20.9 Å². The lowest BCUT2D eigenvalue weighted by molar-refractivity contribution is -0.158. The summed E-state index contributed by atoms with van der Waals surface area (Å²) < 4.78 is 36.3. The Hall–Kier alpha value is -3.60. The summed E-state index contributed by atoms with van der Waals surface area (Å²) in [6.07, 6.45) is 1.37. The van der Waals surface area contributed by atoms with Gasteiger partial charge in [0.1, 0.15) is 17.9 Å². The van der Waals surface area contributed by atoms with Crippen LogP contribution in [0.4, 0.5) is 4.39 Å². The molecule has 1 saturated carbocycles. The van der Waals surface area contributed by atoms with Crippen molar-refractivity contribution in [2.24, 2.45) is 5.41 Å². The Bertz CT molecular complexity index is 1040. The Balaban J connectivity index is 1.71. The van der Waals surface area contributed by atoms with Crippen LogP contribution in [0.1, 0.15) is 54.9 Å². The molecule has 0 aliphatic heterocycles. The predicted octanol–water partition coefficient (Wildman–Crippen LogP) is 4.98. The second kappa shape index (κ2) is 11.5. The molecular weight excluding hydrogens is 441 g/mol.